The summed E-state index contributed by atoms with van der Waals surface area (Å²) in [6, 6.07) is 0. The average Bonchev–Trinajstić information content (AvgIpc) is 2.63. The zero-order valence-electron chi connectivity index (χ0n) is 17.8. The van der Waals surface area contributed by atoms with Crippen molar-refractivity contribution in [3.05, 3.63) is 0 Å². The fraction of sp³-hybridized carbons (Fsp3) is 1.00. The topological polar surface area (TPSA) is 18.5 Å². The van der Waals surface area contributed by atoms with Crippen LogP contribution in [-0.2, 0) is 1.78 Å². The third-order valence-corrected chi connectivity index (χ3v) is 50.9. The van der Waals surface area contributed by atoms with Crippen molar-refractivity contribution in [1.29, 1.82) is 0 Å². The maximum atomic E-state index is 6.98. The van der Waals surface area contributed by atoms with Crippen molar-refractivity contribution in [1.82, 2.24) is 0 Å². The second-order valence-corrected chi connectivity index (χ2v) is 38.0. The molecule has 152 valence electrons. The van der Waals surface area contributed by atoms with Crippen LogP contribution < -0.4 is 0 Å². The molecule has 0 spiro atoms. The van der Waals surface area contributed by atoms with Crippen LogP contribution in [0.5, 0.6) is 0 Å². The Morgan fingerprint density at radius 1 is 0.440 bits per heavy atom. The van der Waals surface area contributed by atoms with Gasteiger partial charge in [0.25, 0.3) is 0 Å². The van der Waals surface area contributed by atoms with Gasteiger partial charge in [-0.15, -0.1) is 0 Å². The van der Waals surface area contributed by atoms with Crippen LogP contribution in [0, 0.1) is 0 Å². The molecule has 0 saturated heterocycles. The van der Waals surface area contributed by atoms with Gasteiger partial charge in [0.05, 0.1) is 0 Å². The average molecular weight is 945 g/mol. The first-order chi connectivity index (χ1) is 12.2. The van der Waals surface area contributed by atoms with Crippen LogP contribution in [0.25, 0.3) is 0 Å². The van der Waals surface area contributed by atoms with E-state index in [1.807, 2.05) is 0 Å². The van der Waals surface area contributed by atoms with Crippen molar-refractivity contribution in [3.63, 3.8) is 0 Å². The standard InChI is InChI=1S/5C4H9.3Bi.2O/c5*1-3-4-2;;;;;/h5*1,3-4H2,2H3;;;;;. The Bertz CT molecular complexity index is 229. The van der Waals surface area contributed by atoms with Crippen molar-refractivity contribution in [2.24, 2.45) is 0 Å². The van der Waals surface area contributed by atoms with E-state index in [0.29, 0.717) is 0 Å². The van der Waals surface area contributed by atoms with Crippen LogP contribution in [0.4, 0.5) is 0 Å². The quantitative estimate of drug-likeness (QED) is 0.125. The van der Waals surface area contributed by atoms with Crippen LogP contribution in [-0.4, -0.2) is 67.0 Å². The van der Waals surface area contributed by atoms with Gasteiger partial charge in [-0.2, -0.15) is 0 Å². The minimum absolute atomic E-state index is 1.31. The molecule has 0 atom stereocenters. The van der Waals surface area contributed by atoms with E-state index in [-0.39, 0.29) is 0 Å². The monoisotopic (exact) mass is 944 g/mol. The van der Waals surface area contributed by atoms with Crippen molar-refractivity contribution in [3.8, 4) is 0 Å². The maximum absolute atomic E-state index is 6.98. The van der Waals surface area contributed by atoms with E-state index < -0.39 is 67.0 Å². The molecule has 0 aromatic heterocycles. The fourth-order valence-corrected chi connectivity index (χ4v) is 65.0. The summed E-state index contributed by atoms with van der Waals surface area (Å²) < 4.78 is 21.2. The molecule has 0 amide bonds. The summed E-state index contributed by atoms with van der Waals surface area (Å²) in [6.45, 7) is 11.6. The number of rotatable bonds is 19. The van der Waals surface area contributed by atoms with Gasteiger partial charge >= 0.3 is 188 Å². The molecular weight excluding hydrogens is 899 g/mol. The van der Waals surface area contributed by atoms with Crippen LogP contribution in [0.1, 0.15) is 98.8 Å². The second kappa shape index (κ2) is 21.3. The molecule has 0 rings (SSSR count). The van der Waals surface area contributed by atoms with Crippen LogP contribution in [0.3, 0.4) is 0 Å². The van der Waals surface area contributed by atoms with Gasteiger partial charge in [0.2, 0.25) is 0 Å². The molecule has 0 fully saturated rings. The predicted molar refractivity (Wildman–Crippen MR) is 118 cm³/mol. The SMILES string of the molecule is CCC[CH2][Bi]([CH2]CCC)[O][Bi]([CH2]CCC)[O][Bi]([CH2]CCC)[CH2]CCC. The Balaban J connectivity index is 4.70. The molecule has 0 unspecified atom stereocenters. The summed E-state index contributed by atoms with van der Waals surface area (Å²) in [7, 11) is 0. The minimum atomic E-state index is -2.08. The Morgan fingerprint density at radius 2 is 0.720 bits per heavy atom. The van der Waals surface area contributed by atoms with Gasteiger partial charge in [0.1, 0.15) is 0 Å². The Morgan fingerprint density at radius 3 is 1.00 bits per heavy atom. The summed E-state index contributed by atoms with van der Waals surface area (Å²) in [4.78, 5) is 0. The third kappa shape index (κ3) is 17.2. The van der Waals surface area contributed by atoms with Crippen molar-refractivity contribution in [2.75, 3.05) is 0 Å². The van der Waals surface area contributed by atoms with E-state index >= 15 is 0 Å². The number of hydrogen-bond donors (Lipinski definition) is 0. The van der Waals surface area contributed by atoms with Gasteiger partial charge in [-0.1, -0.05) is 0 Å². The van der Waals surface area contributed by atoms with Gasteiger partial charge in [0.15, 0.2) is 0 Å². The molecule has 0 bridgehead atoms. The fourth-order valence-electron chi connectivity index (χ4n) is 2.37. The van der Waals surface area contributed by atoms with Crippen LogP contribution >= 0.6 is 0 Å². The van der Waals surface area contributed by atoms with Gasteiger partial charge < -0.3 is 0 Å². The van der Waals surface area contributed by atoms with Gasteiger partial charge in [-0.05, 0) is 0 Å². The molecule has 0 aromatic rings. The van der Waals surface area contributed by atoms with Crippen LogP contribution in [0.15, 0.2) is 0 Å². The Hall–Kier alpha value is 2.57. The molecule has 0 N–H and O–H groups in total. The summed E-state index contributed by atoms with van der Waals surface area (Å²) in [6.07, 6.45) is 13.7. The second-order valence-electron chi connectivity index (χ2n) is 6.85. The van der Waals surface area contributed by atoms with Crippen molar-refractivity contribution in [2.45, 2.75) is 119 Å². The van der Waals surface area contributed by atoms with E-state index in [1.165, 1.54) is 84.9 Å². The predicted octanol–water partition coefficient (Wildman–Crippen LogP) is 7.49. The Labute approximate surface area is 186 Å². The number of hydrogen-bond acceptors (Lipinski definition) is 2. The summed E-state index contributed by atoms with van der Waals surface area (Å²) >= 11 is -5.45. The molecule has 25 heavy (non-hydrogen) atoms. The van der Waals surface area contributed by atoms with E-state index in [1.54, 1.807) is 0 Å². The molecule has 0 aliphatic rings. The normalized spacial score (nSPS) is 12.0. The molecular formula is C20H45Bi3O2. The molecule has 0 aliphatic heterocycles. The van der Waals surface area contributed by atoms with E-state index in [9.17, 15) is 0 Å². The summed E-state index contributed by atoms with van der Waals surface area (Å²) in [5.41, 5.74) is 0. The van der Waals surface area contributed by atoms with Crippen molar-refractivity contribution < 1.29 is 1.78 Å². The Kier molecular flexibility index (Phi) is 23.5. The van der Waals surface area contributed by atoms with Gasteiger partial charge in [-0.3, -0.25) is 0 Å². The molecule has 0 saturated carbocycles. The zero-order chi connectivity index (χ0) is 18.8. The van der Waals surface area contributed by atoms with E-state index in [4.69, 9.17) is 1.78 Å². The van der Waals surface area contributed by atoms with Gasteiger partial charge in [0, 0.05) is 0 Å². The van der Waals surface area contributed by atoms with E-state index in [2.05, 4.69) is 34.6 Å². The molecule has 0 aliphatic carbocycles. The first-order valence-corrected chi connectivity index (χ1v) is 28.8. The summed E-state index contributed by atoms with van der Waals surface area (Å²) in [5, 5.41) is 0. The molecule has 2 nitrogen and oxygen atoms in total. The first-order valence-electron chi connectivity index (χ1n) is 10.8. The summed E-state index contributed by atoms with van der Waals surface area (Å²) in [5.74, 6) is 0. The van der Waals surface area contributed by atoms with Gasteiger partial charge in [-0.25, -0.2) is 0 Å². The molecule has 5 heteroatoms. The molecule has 0 heterocycles. The van der Waals surface area contributed by atoms with E-state index in [0.717, 1.165) is 0 Å². The number of unbranched alkanes of at least 4 members (excludes halogenated alkanes) is 5. The molecule has 0 aromatic carbocycles. The van der Waals surface area contributed by atoms with Crippen LogP contribution in [0.2, 0.25) is 20.6 Å². The van der Waals surface area contributed by atoms with Crippen molar-refractivity contribution >= 4 is 67.0 Å². The first kappa shape index (κ1) is 27.6. The zero-order valence-corrected chi connectivity index (χ0v) is 28.2. The third-order valence-electron chi connectivity index (χ3n) is 4.15. The molecule has 0 radical (unpaired) electrons.